The lowest BCUT2D eigenvalue weighted by Gasteiger charge is -1.99. The van der Waals surface area contributed by atoms with Gasteiger partial charge in [-0.1, -0.05) is 17.7 Å². The van der Waals surface area contributed by atoms with Crippen LogP contribution >= 0.6 is 35.7 Å². The van der Waals surface area contributed by atoms with Crippen LogP contribution < -0.4 is 11.5 Å². The Balaban J connectivity index is 0.00000196. The molecule has 0 bridgehead atoms. The maximum atomic E-state index is 5.21. The third kappa shape index (κ3) is 6.62. The van der Waals surface area contributed by atoms with Gasteiger partial charge < -0.3 is 11.5 Å². The van der Waals surface area contributed by atoms with E-state index in [1.807, 2.05) is 0 Å². The molecule has 0 aliphatic heterocycles. The Morgan fingerprint density at radius 1 is 1.27 bits per heavy atom. The Labute approximate surface area is 112 Å². The molecular weight excluding hydrogens is 321 g/mol. The molecule has 0 fully saturated rings. The predicted octanol–water partition coefficient (Wildman–Crippen LogP) is 1.98. The first-order chi connectivity index (χ1) is 6.68. The molecule has 1 aromatic rings. The average molecular weight is 337 g/mol. The van der Waals surface area contributed by atoms with Crippen LogP contribution in [0, 0.1) is 6.92 Å². The zero-order valence-corrected chi connectivity index (χ0v) is 11.8. The van der Waals surface area contributed by atoms with Gasteiger partial charge >= 0.3 is 0 Å². The normalized spacial score (nSPS) is 9.13. The first-order valence-corrected chi connectivity index (χ1v) is 5.42. The van der Waals surface area contributed by atoms with E-state index in [0.717, 1.165) is 5.75 Å². The lowest BCUT2D eigenvalue weighted by atomic mass is 10.2. The van der Waals surface area contributed by atoms with Crippen molar-refractivity contribution in [1.82, 2.24) is 0 Å². The molecule has 0 radical (unpaired) electrons. The van der Waals surface area contributed by atoms with Crippen molar-refractivity contribution in [3.05, 3.63) is 29.8 Å². The second-order valence-electron chi connectivity index (χ2n) is 2.97. The van der Waals surface area contributed by atoms with E-state index in [0.29, 0.717) is 6.54 Å². The highest BCUT2D eigenvalue weighted by Crippen LogP contribution is 2.17. The van der Waals surface area contributed by atoms with E-state index < -0.39 is 0 Å². The van der Waals surface area contributed by atoms with Gasteiger partial charge in [-0.25, -0.2) is 0 Å². The minimum Gasteiger partial charge on any atom is -0.370 e. The summed E-state index contributed by atoms with van der Waals surface area (Å²) in [6.07, 6.45) is 0. The number of rotatable bonds is 4. The van der Waals surface area contributed by atoms with E-state index in [9.17, 15) is 0 Å². The van der Waals surface area contributed by atoms with Crippen LogP contribution in [0.4, 0.5) is 0 Å². The summed E-state index contributed by atoms with van der Waals surface area (Å²) in [5, 5.41) is 0. The van der Waals surface area contributed by atoms with Gasteiger partial charge in [0.25, 0.3) is 0 Å². The maximum absolute atomic E-state index is 5.21. The number of halogens is 1. The van der Waals surface area contributed by atoms with Gasteiger partial charge in [0.2, 0.25) is 0 Å². The molecule has 0 unspecified atom stereocenters. The summed E-state index contributed by atoms with van der Waals surface area (Å²) in [6, 6.07) is 8.41. The van der Waals surface area contributed by atoms with E-state index in [1.165, 1.54) is 10.5 Å². The van der Waals surface area contributed by atoms with E-state index in [4.69, 9.17) is 11.5 Å². The van der Waals surface area contributed by atoms with Gasteiger partial charge in [-0.3, -0.25) is 4.99 Å². The second-order valence-corrected chi connectivity index (χ2v) is 4.14. The molecule has 84 valence electrons. The summed E-state index contributed by atoms with van der Waals surface area (Å²) >= 11 is 1.75. The summed E-state index contributed by atoms with van der Waals surface area (Å²) in [5.41, 5.74) is 11.7. The summed E-state index contributed by atoms with van der Waals surface area (Å²) in [5.74, 6) is 1.07. The van der Waals surface area contributed by atoms with Crippen LogP contribution in [0.2, 0.25) is 0 Å². The fraction of sp³-hybridized carbons (Fsp3) is 0.300. The molecule has 0 aliphatic carbocycles. The van der Waals surface area contributed by atoms with Crippen molar-refractivity contribution in [2.24, 2.45) is 16.5 Å². The summed E-state index contributed by atoms with van der Waals surface area (Å²) in [6.45, 7) is 2.74. The van der Waals surface area contributed by atoms with Gasteiger partial charge in [0, 0.05) is 10.6 Å². The fourth-order valence-electron chi connectivity index (χ4n) is 0.973. The number of aryl methyl sites for hydroxylation is 1. The molecule has 0 heterocycles. The molecule has 0 atom stereocenters. The minimum absolute atomic E-state index is 0. The predicted molar refractivity (Wildman–Crippen MR) is 78.0 cm³/mol. The van der Waals surface area contributed by atoms with Crippen molar-refractivity contribution >= 4 is 41.7 Å². The van der Waals surface area contributed by atoms with Crippen molar-refractivity contribution in [3.63, 3.8) is 0 Å². The molecule has 0 amide bonds. The Hall–Kier alpha value is -0.430. The molecule has 4 N–H and O–H groups in total. The van der Waals surface area contributed by atoms with Crippen molar-refractivity contribution in [1.29, 1.82) is 0 Å². The largest absolute Gasteiger partial charge is 0.370 e. The van der Waals surface area contributed by atoms with Crippen molar-refractivity contribution in [3.8, 4) is 0 Å². The molecule has 15 heavy (non-hydrogen) atoms. The van der Waals surface area contributed by atoms with Crippen molar-refractivity contribution in [2.45, 2.75) is 11.8 Å². The van der Waals surface area contributed by atoms with E-state index in [-0.39, 0.29) is 29.9 Å². The number of benzene rings is 1. The van der Waals surface area contributed by atoms with Gasteiger partial charge in [0.05, 0.1) is 6.54 Å². The third-order valence-electron chi connectivity index (χ3n) is 1.68. The smallest absolute Gasteiger partial charge is 0.185 e. The van der Waals surface area contributed by atoms with Crippen LogP contribution in [0.1, 0.15) is 5.56 Å². The van der Waals surface area contributed by atoms with Gasteiger partial charge in [0.1, 0.15) is 0 Å². The molecule has 0 aliphatic rings. The Morgan fingerprint density at radius 3 is 2.40 bits per heavy atom. The number of aliphatic imine (C=N–C) groups is 1. The second kappa shape index (κ2) is 7.81. The van der Waals surface area contributed by atoms with Crippen LogP contribution in [-0.4, -0.2) is 18.3 Å². The van der Waals surface area contributed by atoms with Crippen LogP contribution in [-0.2, 0) is 0 Å². The van der Waals surface area contributed by atoms with Gasteiger partial charge in [-0.05, 0) is 19.1 Å². The Bertz CT molecular complexity index is 307. The zero-order chi connectivity index (χ0) is 10.4. The molecule has 0 aromatic heterocycles. The van der Waals surface area contributed by atoms with Gasteiger partial charge in [-0.2, -0.15) is 0 Å². The highest BCUT2D eigenvalue weighted by Gasteiger charge is 1.92. The summed E-state index contributed by atoms with van der Waals surface area (Å²) < 4.78 is 0. The standard InChI is InChI=1S/C10H15N3S.HI/c1-8-2-4-9(5-3-8)14-7-6-13-10(11)12;/h2-5H,6-7H2,1H3,(H4,11,12,13);1H. The number of guanidine groups is 1. The number of hydrogen-bond acceptors (Lipinski definition) is 2. The molecular formula is C10H16IN3S. The first-order valence-electron chi connectivity index (χ1n) is 4.43. The van der Waals surface area contributed by atoms with Crippen LogP contribution in [0.3, 0.4) is 0 Å². The van der Waals surface area contributed by atoms with E-state index in [1.54, 1.807) is 11.8 Å². The molecule has 1 rings (SSSR count). The zero-order valence-electron chi connectivity index (χ0n) is 8.64. The quantitative estimate of drug-likeness (QED) is 0.290. The van der Waals surface area contributed by atoms with E-state index in [2.05, 4.69) is 36.2 Å². The monoisotopic (exact) mass is 337 g/mol. The lowest BCUT2D eigenvalue weighted by Crippen LogP contribution is -2.23. The number of hydrogen-bond donors (Lipinski definition) is 2. The van der Waals surface area contributed by atoms with Crippen LogP contribution in [0.5, 0.6) is 0 Å². The van der Waals surface area contributed by atoms with Crippen LogP contribution in [0.25, 0.3) is 0 Å². The van der Waals surface area contributed by atoms with E-state index >= 15 is 0 Å². The Kier molecular flexibility index (Phi) is 7.59. The molecule has 3 nitrogen and oxygen atoms in total. The fourth-order valence-corrected chi connectivity index (χ4v) is 1.72. The summed E-state index contributed by atoms with van der Waals surface area (Å²) in [4.78, 5) is 5.16. The Morgan fingerprint density at radius 2 is 1.87 bits per heavy atom. The van der Waals surface area contributed by atoms with Crippen molar-refractivity contribution in [2.75, 3.05) is 12.3 Å². The lowest BCUT2D eigenvalue weighted by molar-refractivity contribution is 1.12. The first kappa shape index (κ1) is 14.6. The average Bonchev–Trinajstić information content (AvgIpc) is 2.15. The minimum atomic E-state index is 0. The topological polar surface area (TPSA) is 64.4 Å². The van der Waals surface area contributed by atoms with Gasteiger partial charge in [0.15, 0.2) is 5.96 Å². The molecule has 0 spiro atoms. The SMILES string of the molecule is Cc1ccc(SCCN=C(N)N)cc1.I. The molecule has 5 heteroatoms. The highest BCUT2D eigenvalue weighted by molar-refractivity contribution is 14.0. The molecule has 0 saturated carbocycles. The van der Waals surface area contributed by atoms with Crippen molar-refractivity contribution < 1.29 is 0 Å². The number of nitrogens with two attached hydrogens (primary N) is 2. The third-order valence-corrected chi connectivity index (χ3v) is 2.67. The molecule has 1 aromatic carbocycles. The van der Waals surface area contributed by atoms with Crippen LogP contribution in [0.15, 0.2) is 34.2 Å². The molecule has 0 saturated heterocycles. The maximum Gasteiger partial charge on any atom is 0.185 e. The highest BCUT2D eigenvalue weighted by atomic mass is 127. The number of thioether (sulfide) groups is 1. The summed E-state index contributed by atoms with van der Waals surface area (Å²) in [7, 11) is 0. The number of nitrogens with zero attached hydrogens (tertiary/aromatic N) is 1. The van der Waals surface area contributed by atoms with Gasteiger partial charge in [-0.15, -0.1) is 35.7 Å².